The molecule has 4 N–H and O–H groups in total. The SMILES string of the molecule is CCCCCCCCCC#CC(=Nc1cc(C)cc(C)c1)C(CCCCCCCC)=Nc1ccc(CC(O)C(O)C(O)CO)cc1. The van der Waals surface area contributed by atoms with Crippen LogP contribution < -0.4 is 0 Å². The minimum absolute atomic E-state index is 0.149. The van der Waals surface area contributed by atoms with E-state index in [2.05, 4.69) is 57.7 Å². The van der Waals surface area contributed by atoms with Gasteiger partial charge in [0.25, 0.3) is 0 Å². The predicted octanol–water partition coefficient (Wildman–Crippen LogP) is 8.66. The Morgan fingerprint density at radius 1 is 0.674 bits per heavy atom. The first kappa shape index (κ1) is 39.4. The van der Waals surface area contributed by atoms with Crippen molar-refractivity contribution in [1.29, 1.82) is 0 Å². The van der Waals surface area contributed by atoms with Gasteiger partial charge >= 0.3 is 0 Å². The average Bonchev–Trinajstić information content (AvgIpc) is 3.04. The summed E-state index contributed by atoms with van der Waals surface area (Å²) in [5.41, 5.74) is 6.40. The van der Waals surface area contributed by atoms with Crippen LogP contribution in [0, 0.1) is 25.7 Å². The molecule has 254 valence electrons. The predicted molar refractivity (Wildman–Crippen MR) is 194 cm³/mol. The molecule has 2 aromatic carbocycles. The van der Waals surface area contributed by atoms with E-state index >= 15 is 0 Å². The Morgan fingerprint density at radius 3 is 1.83 bits per heavy atom. The number of rotatable bonds is 22. The molecule has 0 aliphatic rings. The van der Waals surface area contributed by atoms with Gasteiger partial charge in [-0.05, 0) is 80.0 Å². The number of nitrogens with zero attached hydrogens (tertiary/aromatic N) is 2. The number of aliphatic imine (C=N–C) groups is 2. The summed E-state index contributed by atoms with van der Waals surface area (Å²) in [7, 11) is 0. The van der Waals surface area contributed by atoms with Crippen LogP contribution in [0.5, 0.6) is 0 Å². The topological polar surface area (TPSA) is 106 Å². The monoisotopic (exact) mass is 632 g/mol. The van der Waals surface area contributed by atoms with Gasteiger partial charge in [0.1, 0.15) is 17.9 Å². The first-order chi connectivity index (χ1) is 22.3. The maximum atomic E-state index is 10.3. The summed E-state index contributed by atoms with van der Waals surface area (Å²) < 4.78 is 0. The summed E-state index contributed by atoms with van der Waals surface area (Å²) >= 11 is 0. The van der Waals surface area contributed by atoms with Crippen molar-refractivity contribution >= 4 is 22.8 Å². The molecule has 0 fully saturated rings. The summed E-state index contributed by atoms with van der Waals surface area (Å²) in [6.07, 6.45) is 13.7. The lowest BCUT2D eigenvalue weighted by atomic mass is 10.0. The molecular formula is C40H60N2O4. The minimum atomic E-state index is -1.42. The van der Waals surface area contributed by atoms with Gasteiger partial charge in [0.15, 0.2) is 0 Å². The van der Waals surface area contributed by atoms with Crippen molar-refractivity contribution < 1.29 is 20.4 Å². The van der Waals surface area contributed by atoms with E-state index in [0.717, 1.165) is 71.6 Å². The van der Waals surface area contributed by atoms with Gasteiger partial charge in [0.05, 0.1) is 29.8 Å². The van der Waals surface area contributed by atoms with E-state index in [1.54, 1.807) is 0 Å². The smallest absolute Gasteiger partial charge is 0.135 e. The highest BCUT2D eigenvalue weighted by Gasteiger charge is 2.24. The van der Waals surface area contributed by atoms with Gasteiger partial charge in [-0.25, -0.2) is 4.99 Å². The summed E-state index contributed by atoms with van der Waals surface area (Å²) in [5, 5.41) is 39.1. The van der Waals surface area contributed by atoms with E-state index in [0.29, 0.717) is 0 Å². The number of aryl methyl sites for hydroxylation is 2. The van der Waals surface area contributed by atoms with Crippen LogP contribution >= 0.6 is 0 Å². The fourth-order valence-corrected chi connectivity index (χ4v) is 5.51. The Balaban J connectivity index is 2.34. The third kappa shape index (κ3) is 16.1. The van der Waals surface area contributed by atoms with Crippen molar-refractivity contribution in [3.63, 3.8) is 0 Å². The number of hydrogen-bond acceptors (Lipinski definition) is 6. The molecular weight excluding hydrogens is 572 g/mol. The van der Waals surface area contributed by atoms with E-state index in [9.17, 15) is 15.3 Å². The first-order valence-corrected chi connectivity index (χ1v) is 17.7. The standard InChI is InChI=1S/C40H60N2O4/c1-5-7-9-11-13-14-15-17-19-21-37(42-35-27-31(3)26-32(4)28-35)36(20-18-16-12-10-8-6-2)41-34-24-22-33(23-25-34)29-38(44)40(46)39(45)30-43/h22-28,38-40,43-46H,5-18,20,29-30H2,1-4H3. The van der Waals surface area contributed by atoms with E-state index in [1.165, 1.54) is 64.2 Å². The number of hydrogen-bond donors (Lipinski definition) is 4. The maximum Gasteiger partial charge on any atom is 0.135 e. The molecule has 0 saturated heterocycles. The zero-order chi connectivity index (χ0) is 33.6. The molecule has 2 rings (SSSR count). The van der Waals surface area contributed by atoms with Crippen molar-refractivity contribution in [1.82, 2.24) is 0 Å². The molecule has 2 aromatic rings. The first-order valence-electron chi connectivity index (χ1n) is 17.7. The van der Waals surface area contributed by atoms with Gasteiger partial charge in [-0.3, -0.25) is 4.99 Å². The fourth-order valence-electron chi connectivity index (χ4n) is 5.51. The molecule has 0 radical (unpaired) electrons. The fraction of sp³-hybridized carbons (Fsp3) is 0.600. The summed E-state index contributed by atoms with van der Waals surface area (Å²) in [6, 6.07) is 13.9. The number of aliphatic hydroxyl groups excluding tert-OH is 4. The third-order valence-corrected chi connectivity index (χ3v) is 8.22. The van der Waals surface area contributed by atoms with Crippen molar-refractivity contribution in [2.24, 2.45) is 9.98 Å². The van der Waals surface area contributed by atoms with Gasteiger partial charge in [-0.1, -0.05) is 109 Å². The summed E-state index contributed by atoms with van der Waals surface area (Å²) in [6.45, 7) is 8.05. The van der Waals surface area contributed by atoms with Crippen LogP contribution in [0.2, 0.25) is 0 Å². The Kier molecular flexibility index (Phi) is 20.1. The Labute approximate surface area is 279 Å². The summed E-state index contributed by atoms with van der Waals surface area (Å²) in [4.78, 5) is 10.2. The second-order valence-electron chi connectivity index (χ2n) is 12.7. The normalized spacial score (nSPS) is 14.1. The Hall–Kier alpha value is -2.82. The number of benzene rings is 2. The van der Waals surface area contributed by atoms with Crippen LogP contribution in [0.1, 0.15) is 127 Å². The van der Waals surface area contributed by atoms with Gasteiger partial charge in [0, 0.05) is 12.8 Å². The van der Waals surface area contributed by atoms with Crippen molar-refractivity contribution in [2.75, 3.05) is 6.61 Å². The molecule has 3 unspecified atom stereocenters. The molecule has 0 heterocycles. The third-order valence-electron chi connectivity index (χ3n) is 8.22. The van der Waals surface area contributed by atoms with Crippen LogP contribution in [0.25, 0.3) is 0 Å². The van der Waals surface area contributed by atoms with Crippen molar-refractivity contribution in [2.45, 2.75) is 149 Å². The molecule has 0 spiro atoms. The zero-order valence-electron chi connectivity index (χ0n) is 29.0. The van der Waals surface area contributed by atoms with E-state index < -0.39 is 24.9 Å². The Morgan fingerprint density at radius 2 is 1.24 bits per heavy atom. The molecule has 0 aliphatic carbocycles. The number of aliphatic hydroxyl groups is 4. The molecule has 0 aliphatic heterocycles. The van der Waals surface area contributed by atoms with E-state index in [-0.39, 0.29) is 6.42 Å². The molecule has 0 amide bonds. The van der Waals surface area contributed by atoms with Crippen LogP contribution in [-0.2, 0) is 6.42 Å². The lowest BCUT2D eigenvalue weighted by Gasteiger charge is -2.21. The van der Waals surface area contributed by atoms with Crippen LogP contribution in [-0.4, -0.2) is 56.8 Å². The highest BCUT2D eigenvalue weighted by atomic mass is 16.4. The van der Waals surface area contributed by atoms with Crippen LogP contribution in [0.15, 0.2) is 52.4 Å². The Bertz CT molecular complexity index is 1220. The van der Waals surface area contributed by atoms with E-state index in [1.807, 2.05) is 24.3 Å². The molecule has 46 heavy (non-hydrogen) atoms. The van der Waals surface area contributed by atoms with Crippen LogP contribution in [0.4, 0.5) is 11.4 Å². The quantitative estimate of drug-likeness (QED) is 0.0592. The number of unbranched alkanes of at least 4 members (excludes halogenated alkanes) is 12. The van der Waals surface area contributed by atoms with Gasteiger partial charge < -0.3 is 20.4 Å². The lowest BCUT2D eigenvalue weighted by Crippen LogP contribution is -2.40. The van der Waals surface area contributed by atoms with Gasteiger partial charge in [-0.2, -0.15) is 0 Å². The molecule has 0 saturated carbocycles. The van der Waals surface area contributed by atoms with Gasteiger partial charge in [0.2, 0.25) is 0 Å². The second-order valence-corrected chi connectivity index (χ2v) is 12.7. The maximum absolute atomic E-state index is 10.3. The molecule has 0 aromatic heterocycles. The molecule has 6 nitrogen and oxygen atoms in total. The minimum Gasteiger partial charge on any atom is -0.394 e. The highest BCUT2D eigenvalue weighted by molar-refractivity contribution is 6.49. The lowest BCUT2D eigenvalue weighted by molar-refractivity contribution is -0.0755. The summed E-state index contributed by atoms with van der Waals surface area (Å²) in [5.74, 6) is 6.86. The van der Waals surface area contributed by atoms with Crippen molar-refractivity contribution in [3.05, 3.63) is 59.2 Å². The van der Waals surface area contributed by atoms with Gasteiger partial charge in [-0.15, -0.1) is 0 Å². The molecule has 0 bridgehead atoms. The largest absolute Gasteiger partial charge is 0.394 e. The van der Waals surface area contributed by atoms with Crippen LogP contribution in [0.3, 0.4) is 0 Å². The highest BCUT2D eigenvalue weighted by Crippen LogP contribution is 2.21. The second kappa shape index (κ2) is 23.5. The molecule has 6 heteroatoms. The van der Waals surface area contributed by atoms with E-state index in [4.69, 9.17) is 15.1 Å². The average molecular weight is 633 g/mol. The zero-order valence-corrected chi connectivity index (χ0v) is 29.0. The molecule has 3 atom stereocenters. The van der Waals surface area contributed by atoms with Crippen molar-refractivity contribution in [3.8, 4) is 11.8 Å².